The molecular weight excluding hydrogens is 384 g/mol. The first-order valence-electron chi connectivity index (χ1n) is 5.21. The fraction of sp³-hybridized carbons (Fsp3) is 0.273. The smallest absolute Gasteiger partial charge is 0.337 e. The van der Waals surface area contributed by atoms with E-state index in [1.165, 1.54) is 13.2 Å². The molecule has 0 aliphatic carbocycles. The van der Waals surface area contributed by atoms with Gasteiger partial charge in [0.25, 0.3) is 0 Å². The van der Waals surface area contributed by atoms with E-state index in [9.17, 15) is 9.59 Å². The lowest BCUT2D eigenvalue weighted by atomic mass is 10.2. The molecule has 0 unspecified atom stereocenters. The number of halogens is 2. The molecule has 0 bridgehead atoms. The Morgan fingerprint density at radius 1 is 1.37 bits per heavy atom. The molecule has 6 nitrogen and oxygen atoms in total. The highest BCUT2D eigenvalue weighted by atomic mass is 79.9. The van der Waals surface area contributed by atoms with Crippen molar-refractivity contribution < 1.29 is 19.4 Å². The third kappa shape index (κ3) is 4.81. The number of hydrogen-bond donors (Lipinski definition) is 3. The third-order valence-electron chi connectivity index (χ3n) is 2.12. The fourth-order valence-corrected chi connectivity index (χ4v) is 2.62. The van der Waals surface area contributed by atoms with Gasteiger partial charge in [-0.2, -0.15) is 0 Å². The Morgan fingerprint density at radius 3 is 2.63 bits per heavy atom. The Morgan fingerprint density at radius 2 is 2.05 bits per heavy atom. The summed E-state index contributed by atoms with van der Waals surface area (Å²) in [6, 6.07) is 2.57. The number of hydrogen-bond acceptors (Lipinski definition) is 3. The molecule has 104 valence electrons. The topological polar surface area (TPSA) is 87.7 Å². The van der Waals surface area contributed by atoms with Crippen LogP contribution in [0.15, 0.2) is 21.1 Å². The summed E-state index contributed by atoms with van der Waals surface area (Å²) in [5.74, 6) is -1.13. The summed E-state index contributed by atoms with van der Waals surface area (Å²) in [6.45, 7) is 0.708. The molecule has 0 aliphatic rings. The number of urea groups is 1. The van der Waals surface area contributed by atoms with E-state index in [-0.39, 0.29) is 11.3 Å². The maximum Gasteiger partial charge on any atom is 0.337 e. The highest BCUT2D eigenvalue weighted by Crippen LogP contribution is 2.30. The van der Waals surface area contributed by atoms with Gasteiger partial charge in [-0.3, -0.25) is 0 Å². The van der Waals surface area contributed by atoms with Crippen LogP contribution in [-0.2, 0) is 4.74 Å². The summed E-state index contributed by atoms with van der Waals surface area (Å²) in [5, 5.41) is 14.1. The van der Waals surface area contributed by atoms with E-state index < -0.39 is 12.0 Å². The Kier molecular flexibility index (Phi) is 6.26. The number of carbonyl (C=O) groups excluding carboxylic acids is 1. The predicted octanol–water partition coefficient (Wildman–Crippen LogP) is 2.68. The zero-order valence-corrected chi connectivity index (χ0v) is 13.2. The van der Waals surface area contributed by atoms with Gasteiger partial charge >= 0.3 is 12.0 Å². The van der Waals surface area contributed by atoms with E-state index in [1.54, 1.807) is 6.07 Å². The van der Waals surface area contributed by atoms with Crippen LogP contribution < -0.4 is 10.6 Å². The second-order valence-corrected chi connectivity index (χ2v) is 5.26. The van der Waals surface area contributed by atoms with Crippen molar-refractivity contribution in [2.24, 2.45) is 0 Å². The van der Waals surface area contributed by atoms with Crippen LogP contribution in [0.25, 0.3) is 0 Å². The number of methoxy groups -OCH3 is 1. The van der Waals surface area contributed by atoms with Gasteiger partial charge in [0.05, 0.1) is 17.9 Å². The summed E-state index contributed by atoms with van der Waals surface area (Å²) >= 11 is 6.41. The van der Waals surface area contributed by atoms with Crippen LogP contribution >= 0.6 is 31.9 Å². The first kappa shape index (κ1) is 15.9. The van der Waals surface area contributed by atoms with Gasteiger partial charge in [0.15, 0.2) is 0 Å². The Bertz CT molecular complexity index is 494. The maximum atomic E-state index is 11.6. The second-order valence-electron chi connectivity index (χ2n) is 3.49. The van der Waals surface area contributed by atoms with Crippen molar-refractivity contribution in [1.29, 1.82) is 0 Å². The molecular formula is C11H12Br2N2O4. The summed E-state index contributed by atoms with van der Waals surface area (Å²) in [6.07, 6.45) is 0. The molecule has 0 heterocycles. The highest BCUT2D eigenvalue weighted by molar-refractivity contribution is 9.11. The third-order valence-corrected chi connectivity index (χ3v) is 3.20. The molecule has 0 atom stereocenters. The molecule has 1 rings (SSSR count). The Balaban J connectivity index is 2.88. The second kappa shape index (κ2) is 7.46. The summed E-state index contributed by atoms with van der Waals surface area (Å²) < 4.78 is 5.86. The quantitative estimate of drug-likeness (QED) is 0.669. The van der Waals surface area contributed by atoms with E-state index in [1.807, 2.05) is 0 Å². The molecule has 0 radical (unpaired) electrons. The molecule has 0 aliphatic heterocycles. The van der Waals surface area contributed by atoms with Crippen molar-refractivity contribution in [3.05, 3.63) is 26.6 Å². The number of carboxylic acid groups (broad SMARTS) is 1. The van der Waals surface area contributed by atoms with Crippen LogP contribution in [0.3, 0.4) is 0 Å². The van der Waals surface area contributed by atoms with Gasteiger partial charge in [-0.25, -0.2) is 9.59 Å². The highest BCUT2D eigenvalue weighted by Gasteiger charge is 2.16. The van der Waals surface area contributed by atoms with Crippen LogP contribution in [0.1, 0.15) is 10.4 Å². The molecule has 1 aromatic carbocycles. The van der Waals surface area contributed by atoms with Crippen LogP contribution in [-0.4, -0.2) is 37.4 Å². The van der Waals surface area contributed by atoms with E-state index in [0.29, 0.717) is 22.1 Å². The summed E-state index contributed by atoms with van der Waals surface area (Å²) in [5.41, 5.74) is 0.189. The molecule has 19 heavy (non-hydrogen) atoms. The lowest BCUT2D eigenvalue weighted by Crippen LogP contribution is -2.32. The Hall–Kier alpha value is -1.12. The molecule has 1 aromatic rings. The van der Waals surface area contributed by atoms with E-state index in [0.717, 1.165) is 0 Å². The molecule has 0 saturated carbocycles. The molecule has 0 fully saturated rings. The minimum absolute atomic E-state index is 0.0110. The monoisotopic (exact) mass is 394 g/mol. The number of ether oxygens (including phenoxy) is 1. The maximum absolute atomic E-state index is 11.6. The van der Waals surface area contributed by atoms with Crippen molar-refractivity contribution in [3.63, 3.8) is 0 Å². The van der Waals surface area contributed by atoms with Crippen molar-refractivity contribution in [1.82, 2.24) is 5.32 Å². The number of carboxylic acids is 1. The molecule has 3 N–H and O–H groups in total. The lowest BCUT2D eigenvalue weighted by Gasteiger charge is -2.12. The van der Waals surface area contributed by atoms with E-state index in [4.69, 9.17) is 9.84 Å². The van der Waals surface area contributed by atoms with Crippen LogP contribution in [0.4, 0.5) is 10.5 Å². The van der Waals surface area contributed by atoms with Gasteiger partial charge in [0.2, 0.25) is 0 Å². The van der Waals surface area contributed by atoms with Gasteiger partial charge in [-0.05, 0) is 28.1 Å². The number of anilines is 1. The van der Waals surface area contributed by atoms with Crippen molar-refractivity contribution >= 4 is 49.5 Å². The lowest BCUT2D eigenvalue weighted by molar-refractivity contribution is 0.0698. The largest absolute Gasteiger partial charge is 0.478 e. The van der Waals surface area contributed by atoms with Crippen LogP contribution in [0.2, 0.25) is 0 Å². The van der Waals surface area contributed by atoms with Gasteiger partial charge in [0, 0.05) is 22.6 Å². The minimum atomic E-state index is -1.13. The first-order valence-corrected chi connectivity index (χ1v) is 6.80. The van der Waals surface area contributed by atoms with E-state index in [2.05, 4.69) is 42.5 Å². The van der Waals surface area contributed by atoms with Crippen LogP contribution in [0.5, 0.6) is 0 Å². The van der Waals surface area contributed by atoms with Gasteiger partial charge < -0.3 is 20.5 Å². The van der Waals surface area contributed by atoms with E-state index >= 15 is 0 Å². The predicted molar refractivity (Wildman–Crippen MR) is 77.7 cm³/mol. The van der Waals surface area contributed by atoms with Crippen LogP contribution in [0, 0.1) is 0 Å². The van der Waals surface area contributed by atoms with Gasteiger partial charge in [-0.1, -0.05) is 15.9 Å². The molecule has 0 saturated heterocycles. The number of benzene rings is 1. The number of aromatic carboxylic acids is 1. The molecule has 0 aromatic heterocycles. The average molecular weight is 396 g/mol. The number of carbonyl (C=O) groups is 2. The zero-order chi connectivity index (χ0) is 14.4. The van der Waals surface area contributed by atoms with Crippen molar-refractivity contribution in [2.75, 3.05) is 25.6 Å². The normalized spacial score (nSPS) is 10.1. The summed E-state index contributed by atoms with van der Waals surface area (Å²) in [7, 11) is 1.52. The van der Waals surface area contributed by atoms with Gasteiger partial charge in [-0.15, -0.1) is 0 Å². The van der Waals surface area contributed by atoms with Gasteiger partial charge in [0.1, 0.15) is 0 Å². The van der Waals surface area contributed by atoms with Crippen molar-refractivity contribution in [2.45, 2.75) is 0 Å². The molecule has 2 amide bonds. The average Bonchev–Trinajstić information content (AvgIpc) is 2.32. The first-order chi connectivity index (χ1) is 8.95. The standard InChI is InChI=1S/C11H12Br2N2O4/c1-19-3-2-14-11(18)15-9-7(10(16)17)4-6(12)5-8(9)13/h4-5H,2-3H2,1H3,(H,16,17)(H2,14,15,18). The minimum Gasteiger partial charge on any atom is -0.478 e. The zero-order valence-electron chi connectivity index (χ0n) is 10.00. The Labute approximate surface area is 126 Å². The molecule has 0 spiro atoms. The van der Waals surface area contributed by atoms with Crippen molar-refractivity contribution in [3.8, 4) is 0 Å². The number of rotatable bonds is 5. The summed E-state index contributed by atoms with van der Waals surface area (Å²) in [4.78, 5) is 22.7. The number of amides is 2. The molecule has 8 heteroatoms. The SMILES string of the molecule is COCCNC(=O)Nc1c(Br)cc(Br)cc1C(=O)O. The number of nitrogens with one attached hydrogen (secondary N) is 2. The fourth-order valence-electron chi connectivity index (χ4n) is 1.29.